The van der Waals surface area contributed by atoms with Gasteiger partial charge in [-0.1, -0.05) is 36.6 Å². The lowest BCUT2D eigenvalue weighted by atomic mass is 10.2. The minimum atomic E-state index is -4.65. The third-order valence-electron chi connectivity index (χ3n) is 6.03. The molecule has 10 heteroatoms. The zero-order chi connectivity index (χ0) is 25.5. The molecule has 1 aliphatic heterocycles. The molecule has 1 heterocycles. The van der Waals surface area contributed by atoms with Gasteiger partial charge in [-0.15, -0.1) is 0 Å². The van der Waals surface area contributed by atoms with Gasteiger partial charge in [0, 0.05) is 6.54 Å². The number of anilines is 1. The molecule has 1 amide bonds. The van der Waals surface area contributed by atoms with E-state index >= 15 is 0 Å². The Kier molecular flexibility index (Phi) is 9.18. The minimum Gasteiger partial charge on any atom is -0.354 e. The monoisotopic (exact) mass is 511 g/mol. The first-order valence-electron chi connectivity index (χ1n) is 11.8. The van der Waals surface area contributed by atoms with Crippen LogP contribution in [0.15, 0.2) is 53.4 Å². The SMILES string of the molecule is Cc1ccc(S(=O)(=O)N(CC(=O)NCCCN2CCCCCC2)c2cccc(C(F)(F)F)c2)cc1. The smallest absolute Gasteiger partial charge is 0.354 e. The lowest BCUT2D eigenvalue weighted by Crippen LogP contribution is -2.41. The number of benzene rings is 2. The Bertz CT molecular complexity index is 1080. The van der Waals surface area contributed by atoms with Gasteiger partial charge in [-0.25, -0.2) is 8.42 Å². The second-order valence-electron chi connectivity index (χ2n) is 8.83. The summed E-state index contributed by atoms with van der Waals surface area (Å²) in [6, 6.07) is 9.96. The molecule has 1 aliphatic rings. The van der Waals surface area contributed by atoms with Crippen molar-refractivity contribution in [1.29, 1.82) is 0 Å². The molecule has 0 unspecified atom stereocenters. The molecule has 2 aromatic carbocycles. The third kappa shape index (κ3) is 7.70. The maximum Gasteiger partial charge on any atom is 0.416 e. The van der Waals surface area contributed by atoms with Crippen LogP contribution in [0.2, 0.25) is 0 Å². The zero-order valence-electron chi connectivity index (χ0n) is 19.9. The fourth-order valence-corrected chi connectivity index (χ4v) is 5.48. The van der Waals surface area contributed by atoms with E-state index in [0.29, 0.717) is 13.0 Å². The lowest BCUT2D eigenvalue weighted by Gasteiger charge is -2.25. The number of rotatable bonds is 9. The van der Waals surface area contributed by atoms with Crippen molar-refractivity contribution in [2.75, 3.05) is 37.0 Å². The molecule has 1 saturated heterocycles. The average molecular weight is 512 g/mol. The first-order chi connectivity index (χ1) is 16.6. The molecule has 0 saturated carbocycles. The van der Waals surface area contributed by atoms with E-state index in [-0.39, 0.29) is 10.6 Å². The van der Waals surface area contributed by atoms with Crippen LogP contribution in [0.1, 0.15) is 43.2 Å². The molecule has 0 radical (unpaired) electrons. The Morgan fingerprint density at radius 3 is 2.31 bits per heavy atom. The quantitative estimate of drug-likeness (QED) is 0.500. The van der Waals surface area contributed by atoms with Crippen LogP contribution >= 0.6 is 0 Å². The summed E-state index contributed by atoms with van der Waals surface area (Å²) in [7, 11) is -4.28. The standard InChI is InChI=1S/C25H32F3N3O3S/c1-20-10-12-23(13-11-20)35(33,34)31(22-9-6-8-21(18-22)25(26,27)28)19-24(32)29-14-7-17-30-15-4-2-3-5-16-30/h6,8-13,18H,2-5,7,14-17,19H2,1H3,(H,29,32). The van der Waals surface area contributed by atoms with Gasteiger partial charge in [0.25, 0.3) is 10.0 Å². The second kappa shape index (κ2) is 11.9. The molecular weight excluding hydrogens is 479 g/mol. The van der Waals surface area contributed by atoms with Gasteiger partial charge < -0.3 is 10.2 Å². The number of hydrogen-bond donors (Lipinski definition) is 1. The van der Waals surface area contributed by atoms with Crippen LogP contribution in [-0.4, -0.2) is 51.9 Å². The number of halogens is 3. The Balaban J connectivity index is 1.74. The number of nitrogens with one attached hydrogen (secondary N) is 1. The lowest BCUT2D eigenvalue weighted by molar-refractivity contribution is -0.137. The molecule has 1 fully saturated rings. The highest BCUT2D eigenvalue weighted by atomic mass is 32.2. The molecule has 6 nitrogen and oxygen atoms in total. The van der Waals surface area contributed by atoms with Gasteiger partial charge in [0.2, 0.25) is 5.91 Å². The summed E-state index contributed by atoms with van der Waals surface area (Å²) >= 11 is 0. The average Bonchev–Trinajstić information content (AvgIpc) is 3.09. The second-order valence-corrected chi connectivity index (χ2v) is 10.7. The molecule has 1 N–H and O–H groups in total. The third-order valence-corrected chi connectivity index (χ3v) is 7.82. The van der Waals surface area contributed by atoms with E-state index in [1.54, 1.807) is 19.1 Å². The number of alkyl halides is 3. The topological polar surface area (TPSA) is 69.7 Å². The number of likely N-dealkylation sites (tertiary alicyclic amines) is 1. The predicted molar refractivity (Wildman–Crippen MR) is 130 cm³/mol. The summed E-state index contributed by atoms with van der Waals surface area (Å²) < 4.78 is 67.3. The fourth-order valence-electron chi connectivity index (χ4n) is 4.07. The van der Waals surface area contributed by atoms with Crippen molar-refractivity contribution in [3.63, 3.8) is 0 Å². The van der Waals surface area contributed by atoms with Crippen molar-refractivity contribution < 1.29 is 26.4 Å². The van der Waals surface area contributed by atoms with Gasteiger partial charge in [-0.3, -0.25) is 9.10 Å². The largest absolute Gasteiger partial charge is 0.416 e. The Morgan fingerprint density at radius 1 is 1.03 bits per heavy atom. The van der Waals surface area contributed by atoms with E-state index in [0.717, 1.165) is 60.5 Å². The van der Waals surface area contributed by atoms with Gasteiger partial charge in [0.05, 0.1) is 16.1 Å². The predicted octanol–water partition coefficient (Wildman–Crippen LogP) is 4.59. The normalized spacial score (nSPS) is 15.4. The van der Waals surface area contributed by atoms with Crippen molar-refractivity contribution in [3.8, 4) is 0 Å². The molecule has 192 valence electrons. The van der Waals surface area contributed by atoms with Crippen LogP contribution in [0.4, 0.5) is 18.9 Å². The van der Waals surface area contributed by atoms with Gasteiger partial charge in [-0.2, -0.15) is 13.2 Å². The van der Waals surface area contributed by atoms with E-state index in [1.807, 2.05) is 0 Å². The van der Waals surface area contributed by atoms with E-state index in [9.17, 15) is 26.4 Å². The maximum absolute atomic E-state index is 13.4. The maximum atomic E-state index is 13.4. The van der Waals surface area contributed by atoms with E-state index < -0.39 is 34.2 Å². The molecule has 35 heavy (non-hydrogen) atoms. The number of amides is 1. The Labute approximate surface area is 205 Å². The van der Waals surface area contributed by atoms with Crippen molar-refractivity contribution in [2.24, 2.45) is 0 Å². The number of hydrogen-bond acceptors (Lipinski definition) is 4. The van der Waals surface area contributed by atoms with Gasteiger partial charge in [0.1, 0.15) is 6.54 Å². The molecular formula is C25H32F3N3O3S. The van der Waals surface area contributed by atoms with Crippen molar-refractivity contribution in [3.05, 3.63) is 59.7 Å². The molecule has 0 bridgehead atoms. The summed E-state index contributed by atoms with van der Waals surface area (Å²) in [4.78, 5) is 14.9. The fraction of sp³-hybridized carbons (Fsp3) is 0.480. The first-order valence-corrected chi connectivity index (χ1v) is 13.3. The molecule has 0 atom stereocenters. The molecule has 3 rings (SSSR count). The molecule has 0 spiro atoms. The summed E-state index contributed by atoms with van der Waals surface area (Å²) in [6.07, 6.45) is 0.845. The van der Waals surface area contributed by atoms with Crippen LogP contribution in [-0.2, 0) is 21.0 Å². The van der Waals surface area contributed by atoms with Gasteiger partial charge in [-0.05, 0) is 76.2 Å². The number of sulfonamides is 1. The first kappa shape index (κ1) is 27.0. The van der Waals surface area contributed by atoms with E-state index in [2.05, 4.69) is 10.2 Å². The van der Waals surface area contributed by atoms with Gasteiger partial charge in [0.15, 0.2) is 0 Å². The number of aryl methyl sites for hydroxylation is 1. The van der Waals surface area contributed by atoms with Crippen LogP contribution < -0.4 is 9.62 Å². The van der Waals surface area contributed by atoms with Crippen LogP contribution in [0.25, 0.3) is 0 Å². The molecule has 0 aromatic heterocycles. The zero-order valence-corrected chi connectivity index (χ0v) is 20.7. The number of nitrogens with zero attached hydrogens (tertiary/aromatic N) is 2. The Morgan fingerprint density at radius 2 is 1.69 bits per heavy atom. The van der Waals surface area contributed by atoms with Crippen molar-refractivity contribution >= 4 is 21.6 Å². The van der Waals surface area contributed by atoms with E-state index in [1.165, 1.54) is 31.0 Å². The summed E-state index contributed by atoms with van der Waals surface area (Å²) in [5.74, 6) is -0.575. The van der Waals surface area contributed by atoms with E-state index in [4.69, 9.17) is 0 Å². The van der Waals surface area contributed by atoms with Crippen molar-refractivity contribution in [2.45, 2.75) is 50.1 Å². The summed E-state index contributed by atoms with van der Waals surface area (Å²) in [5, 5.41) is 2.72. The van der Waals surface area contributed by atoms with Crippen molar-refractivity contribution in [1.82, 2.24) is 10.2 Å². The summed E-state index contributed by atoms with van der Waals surface area (Å²) in [5.41, 5.74) is -0.381. The summed E-state index contributed by atoms with van der Waals surface area (Å²) in [6.45, 7) is 4.43. The number of carbonyl (C=O) groups is 1. The van der Waals surface area contributed by atoms with Crippen LogP contribution in [0.5, 0.6) is 0 Å². The molecule has 2 aromatic rings. The highest BCUT2D eigenvalue weighted by molar-refractivity contribution is 7.92. The number of carbonyl (C=O) groups excluding carboxylic acids is 1. The highest BCUT2D eigenvalue weighted by Gasteiger charge is 2.33. The molecule has 0 aliphatic carbocycles. The van der Waals surface area contributed by atoms with Crippen LogP contribution in [0.3, 0.4) is 0 Å². The van der Waals surface area contributed by atoms with Gasteiger partial charge >= 0.3 is 6.18 Å². The Hall–Kier alpha value is -2.59. The van der Waals surface area contributed by atoms with Crippen LogP contribution in [0, 0.1) is 6.92 Å². The minimum absolute atomic E-state index is 0.102. The highest BCUT2D eigenvalue weighted by Crippen LogP contribution is 2.33.